The van der Waals surface area contributed by atoms with Gasteiger partial charge in [0, 0.05) is 22.3 Å². The van der Waals surface area contributed by atoms with Gasteiger partial charge in [-0.3, -0.25) is 0 Å². The molecule has 0 radical (unpaired) electrons. The number of methoxy groups -OCH3 is 2. The van der Waals surface area contributed by atoms with Crippen LogP contribution in [0.15, 0.2) is 56.9 Å². The third-order valence-corrected chi connectivity index (χ3v) is 4.89. The number of benzene rings is 2. The van der Waals surface area contributed by atoms with E-state index in [4.69, 9.17) is 9.47 Å². The molecule has 2 aromatic carbocycles. The van der Waals surface area contributed by atoms with Crippen molar-refractivity contribution in [2.75, 3.05) is 14.2 Å². The van der Waals surface area contributed by atoms with Gasteiger partial charge in [0.1, 0.15) is 11.5 Å². The minimum atomic E-state index is -4.71. The number of rotatable bonds is 5. The maximum atomic E-state index is 13.3. The van der Waals surface area contributed by atoms with Gasteiger partial charge in [-0.15, -0.1) is 20.5 Å². The van der Waals surface area contributed by atoms with E-state index in [9.17, 15) is 26.3 Å². The summed E-state index contributed by atoms with van der Waals surface area (Å²) in [5.41, 5.74) is -5.10. The average molecular weight is 430 g/mol. The summed E-state index contributed by atoms with van der Waals surface area (Å²) in [6, 6.07) is 7.32. The van der Waals surface area contributed by atoms with Gasteiger partial charge in [0.05, 0.1) is 14.2 Å². The molecule has 0 unspecified atom stereocenters. The van der Waals surface area contributed by atoms with Crippen LogP contribution in [0.3, 0.4) is 0 Å². The third-order valence-electron chi connectivity index (χ3n) is 4.89. The van der Waals surface area contributed by atoms with Gasteiger partial charge in [0.25, 0.3) is 0 Å². The number of hydrogen-bond acceptors (Lipinski definition) is 6. The minimum absolute atomic E-state index is 0.0470. The van der Waals surface area contributed by atoms with E-state index < -0.39 is 23.7 Å². The number of hydrogen-bond donors (Lipinski definition) is 0. The molecule has 4 rings (SSSR count). The molecule has 0 spiro atoms. The van der Waals surface area contributed by atoms with Crippen LogP contribution in [-0.2, 0) is 11.3 Å². The molecule has 2 aliphatic heterocycles. The fraction of sp³-hybridized carbons (Fsp3) is 0.333. The molecular weight excluding hydrogens is 418 g/mol. The topological polar surface area (TPSA) is 67.9 Å². The molecule has 2 aromatic rings. The summed E-state index contributed by atoms with van der Waals surface area (Å²) in [4.78, 5) is 0. The predicted molar refractivity (Wildman–Crippen MR) is 90.2 cm³/mol. The van der Waals surface area contributed by atoms with E-state index in [-0.39, 0.29) is 22.6 Å². The normalized spacial score (nSPS) is 18.3. The maximum Gasteiger partial charge on any atom is 0.442 e. The number of nitrogens with zero attached hydrogens (tertiary/aromatic N) is 4. The summed E-state index contributed by atoms with van der Waals surface area (Å²) in [5, 5.41) is 12.6. The number of alkyl halides is 6. The maximum absolute atomic E-state index is 13.3. The highest BCUT2D eigenvalue weighted by Gasteiger charge is 2.66. The van der Waals surface area contributed by atoms with E-state index >= 15 is 0 Å². The van der Waals surface area contributed by atoms with E-state index in [1.807, 2.05) is 0 Å². The van der Waals surface area contributed by atoms with Gasteiger partial charge >= 0.3 is 23.7 Å². The molecular formula is C18H12F6N4O2. The van der Waals surface area contributed by atoms with E-state index in [0.29, 0.717) is 11.1 Å². The molecule has 30 heavy (non-hydrogen) atoms. The molecule has 0 saturated carbocycles. The lowest BCUT2D eigenvalue weighted by atomic mass is 9.94. The first-order valence-corrected chi connectivity index (χ1v) is 8.38. The molecule has 12 heteroatoms. The second-order valence-electron chi connectivity index (χ2n) is 6.57. The summed E-state index contributed by atoms with van der Waals surface area (Å²) in [6.07, 6.45) is -9.41. The lowest BCUT2D eigenvalue weighted by molar-refractivity contribution is -0.166. The first-order valence-electron chi connectivity index (χ1n) is 8.38. The molecule has 0 atom stereocenters. The Labute approximate surface area is 165 Å². The van der Waals surface area contributed by atoms with Crippen molar-refractivity contribution in [3.63, 3.8) is 0 Å². The van der Waals surface area contributed by atoms with E-state index in [1.165, 1.54) is 38.5 Å². The molecule has 0 bridgehead atoms. The van der Waals surface area contributed by atoms with Crippen molar-refractivity contribution in [3.8, 4) is 22.6 Å². The summed E-state index contributed by atoms with van der Waals surface area (Å²) >= 11 is 0. The van der Waals surface area contributed by atoms with Gasteiger partial charge in [-0.1, -0.05) is 24.3 Å². The van der Waals surface area contributed by atoms with E-state index in [1.54, 1.807) is 0 Å². The van der Waals surface area contributed by atoms with Crippen LogP contribution in [0.4, 0.5) is 26.3 Å². The smallest absolute Gasteiger partial charge is 0.442 e. The zero-order valence-electron chi connectivity index (χ0n) is 15.3. The van der Waals surface area contributed by atoms with Crippen LogP contribution >= 0.6 is 0 Å². The van der Waals surface area contributed by atoms with Crippen molar-refractivity contribution in [3.05, 3.63) is 47.5 Å². The highest BCUT2D eigenvalue weighted by molar-refractivity contribution is 5.77. The second kappa shape index (κ2) is 6.16. The Morgan fingerprint density at radius 2 is 0.967 bits per heavy atom. The van der Waals surface area contributed by atoms with Crippen LogP contribution in [0.2, 0.25) is 0 Å². The quantitative estimate of drug-likeness (QED) is 0.569. The van der Waals surface area contributed by atoms with Crippen molar-refractivity contribution < 1.29 is 35.8 Å². The molecule has 2 heterocycles. The van der Waals surface area contributed by atoms with Crippen molar-refractivity contribution in [2.45, 2.75) is 23.7 Å². The molecule has 0 amide bonds. The zero-order chi connectivity index (χ0) is 21.9. The number of ether oxygens (including phenoxy) is 2. The van der Waals surface area contributed by atoms with Gasteiger partial charge in [0.2, 0.25) is 0 Å². The molecule has 0 fully saturated rings. The van der Waals surface area contributed by atoms with Crippen molar-refractivity contribution in [1.29, 1.82) is 0 Å². The van der Waals surface area contributed by atoms with Crippen LogP contribution in [0, 0.1) is 0 Å². The Balaban J connectivity index is 1.76. The highest BCUT2D eigenvalue weighted by Crippen LogP contribution is 2.55. The third kappa shape index (κ3) is 2.81. The summed E-state index contributed by atoms with van der Waals surface area (Å²) in [6.45, 7) is 0. The Hall–Kier alpha value is -3.18. The Bertz CT molecular complexity index is 980. The molecule has 158 valence electrons. The minimum Gasteiger partial charge on any atom is -0.496 e. The molecule has 0 aliphatic carbocycles. The highest BCUT2D eigenvalue weighted by atomic mass is 19.4. The Morgan fingerprint density at radius 3 is 1.20 bits per heavy atom. The Kier molecular flexibility index (Phi) is 4.13. The zero-order valence-corrected chi connectivity index (χ0v) is 15.3. The van der Waals surface area contributed by atoms with Crippen LogP contribution in [0.5, 0.6) is 11.5 Å². The molecule has 0 N–H and O–H groups in total. The van der Waals surface area contributed by atoms with Gasteiger partial charge in [0.15, 0.2) is 0 Å². The standard InChI is InChI=1S/C18H12F6N4O2/c1-29-13-7-9(15(25-26-15)17(19,20)21)3-5-11(13)12-6-4-10(8-14(12)30-2)16(27-28-16)18(22,23)24/h3-8H,1-2H3. The number of halogens is 6. The second-order valence-corrected chi connectivity index (χ2v) is 6.57. The van der Waals surface area contributed by atoms with Gasteiger partial charge in [-0.05, 0) is 12.1 Å². The lowest BCUT2D eigenvalue weighted by Gasteiger charge is -2.19. The van der Waals surface area contributed by atoms with Crippen molar-refractivity contribution in [1.82, 2.24) is 0 Å². The molecule has 0 saturated heterocycles. The molecule has 2 aliphatic rings. The van der Waals surface area contributed by atoms with Gasteiger partial charge in [-0.25, -0.2) is 0 Å². The predicted octanol–water partition coefficient (Wildman–Crippen LogP) is 5.73. The van der Waals surface area contributed by atoms with Crippen molar-refractivity contribution in [2.24, 2.45) is 20.5 Å². The SMILES string of the molecule is COc1cc(C2(C(F)(F)F)N=N2)ccc1-c1ccc(C2(C(F)(F)F)N=N2)cc1OC. The fourth-order valence-electron chi connectivity index (χ4n) is 3.15. The van der Waals surface area contributed by atoms with Gasteiger partial charge in [-0.2, -0.15) is 26.3 Å². The molecule has 6 nitrogen and oxygen atoms in total. The largest absolute Gasteiger partial charge is 0.496 e. The van der Waals surface area contributed by atoms with E-state index in [0.717, 1.165) is 12.1 Å². The summed E-state index contributed by atoms with van der Waals surface area (Å²) < 4.78 is 90.0. The summed E-state index contributed by atoms with van der Waals surface area (Å²) in [5.74, 6) is 0.0941. The average Bonchev–Trinajstić information content (AvgIpc) is 3.58. The molecule has 0 aromatic heterocycles. The first-order chi connectivity index (χ1) is 14.0. The van der Waals surface area contributed by atoms with Gasteiger partial charge < -0.3 is 9.47 Å². The first kappa shape index (κ1) is 20.1. The van der Waals surface area contributed by atoms with Crippen LogP contribution in [-0.4, -0.2) is 26.6 Å². The Morgan fingerprint density at radius 1 is 0.633 bits per heavy atom. The van der Waals surface area contributed by atoms with E-state index in [2.05, 4.69) is 20.5 Å². The summed E-state index contributed by atoms with van der Waals surface area (Å²) in [7, 11) is 2.51. The van der Waals surface area contributed by atoms with Crippen molar-refractivity contribution >= 4 is 0 Å². The monoisotopic (exact) mass is 430 g/mol. The van der Waals surface area contributed by atoms with Crippen LogP contribution in [0.25, 0.3) is 11.1 Å². The fourth-order valence-corrected chi connectivity index (χ4v) is 3.15. The van der Waals surface area contributed by atoms with Crippen LogP contribution in [0.1, 0.15) is 11.1 Å². The van der Waals surface area contributed by atoms with Crippen LogP contribution < -0.4 is 9.47 Å². The lowest BCUT2D eigenvalue weighted by Crippen LogP contribution is -2.30.